The number of halogens is 2. The topological polar surface area (TPSA) is 137 Å². The zero-order chi connectivity index (χ0) is 20.4. The summed E-state index contributed by atoms with van der Waals surface area (Å²) in [4.78, 5) is 13.4. The van der Waals surface area contributed by atoms with Crippen molar-refractivity contribution in [3.63, 3.8) is 0 Å². The summed E-state index contributed by atoms with van der Waals surface area (Å²) in [5.41, 5.74) is 9.08. The highest BCUT2D eigenvalue weighted by Gasteiger charge is 2.25. The van der Waals surface area contributed by atoms with Crippen LogP contribution in [0.4, 0.5) is 5.82 Å². The van der Waals surface area contributed by atoms with E-state index < -0.39 is 5.91 Å². The molecule has 3 N–H and O–H groups in total. The van der Waals surface area contributed by atoms with Gasteiger partial charge in [-0.3, -0.25) is 4.79 Å². The number of nitrogen functional groups attached to an aromatic ring is 1. The maximum atomic E-state index is 12.7. The number of anilines is 1. The molecule has 0 atom stereocenters. The second-order valence-electron chi connectivity index (χ2n) is 5.49. The number of hydrazone groups is 1. The molecule has 10 nitrogen and oxygen atoms in total. The molecule has 1 amide bonds. The van der Waals surface area contributed by atoms with Crippen molar-refractivity contribution in [3.05, 3.63) is 57.0 Å². The van der Waals surface area contributed by atoms with E-state index in [9.17, 15) is 4.79 Å². The Hall–Kier alpha value is -3.28. The lowest BCUT2D eigenvalue weighted by Crippen LogP contribution is -2.19. The number of hydrogen-bond donors (Lipinski definition) is 2. The van der Waals surface area contributed by atoms with E-state index in [-0.39, 0.29) is 17.3 Å². The normalized spacial score (nSPS) is 11.2. The number of rotatable bonds is 5. The third-order valence-corrected chi connectivity index (χ3v) is 5.40. The number of carbonyl (C=O) groups is 1. The lowest BCUT2D eigenvalue weighted by molar-refractivity contribution is 0.0951. The molecule has 0 unspecified atom stereocenters. The van der Waals surface area contributed by atoms with Gasteiger partial charge in [-0.05, 0) is 27.8 Å². The summed E-state index contributed by atoms with van der Waals surface area (Å²) in [6.07, 6.45) is 1.38. The molecule has 4 aromatic rings. The van der Waals surface area contributed by atoms with Gasteiger partial charge in [0.25, 0.3) is 5.91 Å². The summed E-state index contributed by atoms with van der Waals surface area (Å²) < 4.78 is 5.90. The highest BCUT2D eigenvalue weighted by Crippen LogP contribution is 2.30. The summed E-state index contributed by atoms with van der Waals surface area (Å²) in [5, 5.41) is 21.6. The van der Waals surface area contributed by atoms with Crippen molar-refractivity contribution in [1.29, 1.82) is 0 Å². The molecule has 3 heterocycles. The van der Waals surface area contributed by atoms with E-state index >= 15 is 0 Å². The number of carbonyl (C=O) groups excluding carboxylic acids is 1. The summed E-state index contributed by atoms with van der Waals surface area (Å²) in [5.74, 6) is -0.466. The first-order valence-corrected chi connectivity index (χ1v) is 9.55. The lowest BCUT2D eigenvalue weighted by atomic mass is 10.2. The van der Waals surface area contributed by atoms with Gasteiger partial charge in [0.1, 0.15) is 5.69 Å². The van der Waals surface area contributed by atoms with Crippen LogP contribution < -0.4 is 11.2 Å². The van der Waals surface area contributed by atoms with Crippen molar-refractivity contribution < 1.29 is 9.42 Å². The molecule has 0 saturated heterocycles. The summed E-state index contributed by atoms with van der Waals surface area (Å²) in [6, 6.07) is 8.69. The number of nitrogens with one attached hydrogen (secondary N) is 1. The van der Waals surface area contributed by atoms with Crippen molar-refractivity contribution in [2.24, 2.45) is 5.10 Å². The first kappa shape index (κ1) is 19.1. The van der Waals surface area contributed by atoms with E-state index in [0.717, 1.165) is 0 Å². The number of aromatic nitrogens is 5. The van der Waals surface area contributed by atoms with Crippen LogP contribution in [0.25, 0.3) is 16.4 Å². The van der Waals surface area contributed by atoms with E-state index in [0.29, 0.717) is 26.2 Å². The molecule has 1 aromatic carbocycles. The minimum atomic E-state index is -0.593. The number of thiophene rings is 1. The molecule has 0 bridgehead atoms. The molecule has 0 spiro atoms. The van der Waals surface area contributed by atoms with Gasteiger partial charge in [-0.25, -0.2) is 10.1 Å². The van der Waals surface area contributed by atoms with E-state index in [1.54, 1.807) is 24.3 Å². The molecule has 0 saturated carbocycles. The Labute approximate surface area is 176 Å². The monoisotopic (exact) mass is 448 g/mol. The van der Waals surface area contributed by atoms with Crippen LogP contribution in [0.15, 0.2) is 45.4 Å². The predicted molar refractivity (Wildman–Crippen MR) is 108 cm³/mol. The molecule has 3 aromatic heterocycles. The van der Waals surface area contributed by atoms with Crippen molar-refractivity contribution in [3.8, 4) is 16.4 Å². The molecule has 0 radical (unpaired) electrons. The van der Waals surface area contributed by atoms with Gasteiger partial charge >= 0.3 is 0 Å². The molecule has 4 rings (SSSR count). The standard InChI is InChI=1S/C16H10Cl2N8O2S/c17-9-4-1-3-8(11(9)18)7-20-22-16(27)12-13(10-5-2-6-29-10)26(25-21-12)15-14(19)23-28-24-15/h1-7H,(H2,19,23)(H,22,27)/b20-7+. The molecule has 0 aliphatic carbocycles. The highest BCUT2D eigenvalue weighted by atomic mass is 35.5. The van der Waals surface area contributed by atoms with E-state index in [2.05, 4.69) is 35.8 Å². The third-order valence-electron chi connectivity index (χ3n) is 3.69. The smallest absolute Gasteiger partial charge is 0.294 e. The molecule has 146 valence electrons. The van der Waals surface area contributed by atoms with Crippen LogP contribution in [0.3, 0.4) is 0 Å². The Bertz CT molecular complexity index is 1200. The van der Waals surface area contributed by atoms with Gasteiger partial charge in [-0.15, -0.1) is 16.4 Å². The van der Waals surface area contributed by atoms with Crippen LogP contribution in [-0.2, 0) is 0 Å². The minimum absolute atomic E-state index is 0.00767. The molecular weight excluding hydrogens is 439 g/mol. The van der Waals surface area contributed by atoms with Crippen molar-refractivity contribution in [2.45, 2.75) is 0 Å². The third kappa shape index (κ3) is 3.70. The van der Waals surface area contributed by atoms with Crippen LogP contribution in [-0.4, -0.2) is 37.4 Å². The van der Waals surface area contributed by atoms with Crippen molar-refractivity contribution in [2.75, 3.05) is 5.73 Å². The van der Waals surface area contributed by atoms with E-state index in [4.69, 9.17) is 28.9 Å². The number of benzene rings is 1. The van der Waals surface area contributed by atoms with E-state index in [1.165, 1.54) is 22.2 Å². The summed E-state index contributed by atoms with van der Waals surface area (Å²) in [6.45, 7) is 0. The Morgan fingerprint density at radius 1 is 1.28 bits per heavy atom. The van der Waals surface area contributed by atoms with Crippen molar-refractivity contribution >= 4 is 52.5 Å². The van der Waals surface area contributed by atoms with Gasteiger partial charge in [0.05, 0.1) is 21.1 Å². The van der Waals surface area contributed by atoms with Crippen molar-refractivity contribution in [1.82, 2.24) is 30.7 Å². The molecule has 0 aliphatic heterocycles. The Morgan fingerprint density at radius 3 is 2.86 bits per heavy atom. The largest absolute Gasteiger partial charge is 0.378 e. The summed E-state index contributed by atoms with van der Waals surface area (Å²) >= 11 is 13.4. The average Bonchev–Trinajstić information content (AvgIpc) is 3.44. The number of nitrogens with two attached hydrogens (primary N) is 1. The Morgan fingerprint density at radius 2 is 2.14 bits per heavy atom. The van der Waals surface area contributed by atoms with Crippen LogP contribution >= 0.6 is 34.5 Å². The summed E-state index contributed by atoms with van der Waals surface area (Å²) in [7, 11) is 0. The first-order chi connectivity index (χ1) is 14.1. The average molecular weight is 449 g/mol. The molecule has 0 aliphatic rings. The van der Waals surface area contributed by atoms with Gasteiger partial charge in [-0.2, -0.15) is 9.78 Å². The van der Waals surface area contributed by atoms with Gasteiger partial charge in [0.2, 0.25) is 11.6 Å². The lowest BCUT2D eigenvalue weighted by Gasteiger charge is -2.03. The van der Waals surface area contributed by atoms with Gasteiger partial charge in [-0.1, -0.05) is 46.6 Å². The van der Waals surface area contributed by atoms with Gasteiger partial charge in [0.15, 0.2) is 5.69 Å². The van der Waals surface area contributed by atoms with Crippen LogP contribution in [0.1, 0.15) is 16.1 Å². The quantitative estimate of drug-likeness (QED) is 0.353. The van der Waals surface area contributed by atoms with Crippen LogP contribution in [0, 0.1) is 0 Å². The molecular formula is C16H10Cl2N8O2S. The number of nitrogens with zero attached hydrogens (tertiary/aromatic N) is 6. The SMILES string of the molecule is Nc1nonc1-n1nnc(C(=O)N/N=C/c2cccc(Cl)c2Cl)c1-c1cccs1. The molecule has 13 heteroatoms. The number of amides is 1. The Kier molecular flexibility index (Phi) is 5.25. The fraction of sp³-hybridized carbons (Fsp3) is 0. The molecule has 29 heavy (non-hydrogen) atoms. The maximum Gasteiger partial charge on any atom is 0.294 e. The minimum Gasteiger partial charge on any atom is -0.378 e. The second kappa shape index (κ2) is 7.99. The zero-order valence-corrected chi connectivity index (χ0v) is 16.6. The molecule has 0 fully saturated rings. The van der Waals surface area contributed by atoms with Gasteiger partial charge in [0, 0.05) is 5.56 Å². The fourth-order valence-electron chi connectivity index (χ4n) is 2.39. The maximum absolute atomic E-state index is 12.7. The van der Waals surface area contributed by atoms with E-state index in [1.807, 2.05) is 11.4 Å². The van der Waals surface area contributed by atoms with Crippen LogP contribution in [0.5, 0.6) is 0 Å². The highest BCUT2D eigenvalue weighted by molar-refractivity contribution is 7.13. The van der Waals surface area contributed by atoms with Gasteiger partial charge < -0.3 is 5.73 Å². The van der Waals surface area contributed by atoms with Crippen LogP contribution in [0.2, 0.25) is 10.0 Å². The second-order valence-corrected chi connectivity index (χ2v) is 7.22. The number of hydrogen-bond acceptors (Lipinski definition) is 9. The predicted octanol–water partition coefficient (Wildman–Crippen LogP) is 3.03. The Balaban J connectivity index is 1.65. The fourth-order valence-corrected chi connectivity index (χ4v) is 3.50. The zero-order valence-electron chi connectivity index (χ0n) is 14.3. The first-order valence-electron chi connectivity index (χ1n) is 7.91.